The molecule has 0 N–H and O–H groups in total. The van der Waals surface area contributed by atoms with Crippen molar-refractivity contribution in [2.75, 3.05) is 0 Å². The van der Waals surface area contributed by atoms with Gasteiger partial charge in [0.1, 0.15) is 0 Å². The quantitative estimate of drug-likeness (QED) is 0.232. The first-order valence-corrected chi connectivity index (χ1v) is 19.4. The molecule has 2 aromatic rings. The highest BCUT2D eigenvalue weighted by Crippen LogP contribution is 2.51. The van der Waals surface area contributed by atoms with Crippen LogP contribution in [0.25, 0.3) is 0 Å². The molecule has 2 aromatic carbocycles. The van der Waals surface area contributed by atoms with Crippen LogP contribution in [-0.4, -0.2) is 0 Å². The van der Waals surface area contributed by atoms with Crippen LogP contribution in [0.1, 0.15) is 153 Å². The van der Waals surface area contributed by atoms with E-state index in [9.17, 15) is 8.78 Å². The monoisotopic (exact) mass is 654 g/mol. The van der Waals surface area contributed by atoms with E-state index in [0.717, 1.165) is 87.2 Å². The van der Waals surface area contributed by atoms with E-state index in [0.29, 0.717) is 11.8 Å². The molecule has 47 heavy (non-hydrogen) atoms. The number of hydrogen-bond acceptors (Lipinski definition) is 1. The first-order chi connectivity index (χ1) is 22.9. The summed E-state index contributed by atoms with van der Waals surface area (Å²) in [5.41, 5.74) is 0.445. The van der Waals surface area contributed by atoms with Gasteiger partial charge in [-0.25, -0.2) is 17.6 Å². The van der Waals surface area contributed by atoms with Crippen LogP contribution in [0.5, 0.6) is 0 Å². The second-order valence-corrected chi connectivity index (χ2v) is 16.0. The fraction of sp³-hybridized carbons (Fsp3) is 0.714. The normalized spacial score (nSPS) is 33.3. The third-order valence-corrected chi connectivity index (χ3v) is 13.6. The smallest absolute Gasteiger partial charge is 0.164 e. The Balaban J connectivity index is 1.22. The van der Waals surface area contributed by atoms with E-state index >= 15 is 8.78 Å². The second-order valence-electron chi connectivity index (χ2n) is 16.0. The molecule has 4 fully saturated rings. The van der Waals surface area contributed by atoms with Gasteiger partial charge in [0.05, 0.1) is 12.2 Å². The number of ether oxygens (including phenoxy) is 1. The highest BCUT2D eigenvalue weighted by Gasteiger charge is 2.40. The first kappa shape index (κ1) is 35.0. The minimum absolute atomic E-state index is 0.00117. The van der Waals surface area contributed by atoms with Crippen LogP contribution in [0.2, 0.25) is 0 Å². The molecule has 0 saturated heterocycles. The predicted molar refractivity (Wildman–Crippen MR) is 182 cm³/mol. The molecule has 4 aliphatic carbocycles. The van der Waals surface area contributed by atoms with Gasteiger partial charge in [0.2, 0.25) is 0 Å². The van der Waals surface area contributed by atoms with Crippen molar-refractivity contribution in [3.63, 3.8) is 0 Å². The van der Waals surface area contributed by atoms with Crippen LogP contribution in [0.3, 0.4) is 0 Å². The standard InChI is InChI=1S/C42H58F4O/c1-3-27-11-15-29(16-12-27)31-19-23-33(24-20-31)41(35-7-5-9-37(43)39(35)45)47-42(36-8-6-10-38(44)40(36)46)34-25-21-32(22-26-34)30-17-13-28(4-2)14-18-30/h5-10,27-34,41-42H,3-4,11-26H2,1-2H3. The van der Waals surface area contributed by atoms with Crippen molar-refractivity contribution in [1.29, 1.82) is 0 Å². The molecule has 4 aliphatic rings. The van der Waals surface area contributed by atoms with Crippen LogP contribution in [0.4, 0.5) is 17.6 Å². The summed E-state index contributed by atoms with van der Waals surface area (Å²) >= 11 is 0. The highest BCUT2D eigenvalue weighted by atomic mass is 19.2. The van der Waals surface area contributed by atoms with Crippen molar-refractivity contribution in [1.82, 2.24) is 0 Å². The Morgan fingerprint density at radius 1 is 0.489 bits per heavy atom. The Morgan fingerprint density at radius 3 is 1.13 bits per heavy atom. The number of benzene rings is 2. The zero-order valence-electron chi connectivity index (χ0n) is 28.9. The Kier molecular flexibility index (Phi) is 12.1. The van der Waals surface area contributed by atoms with E-state index in [1.807, 2.05) is 0 Å². The van der Waals surface area contributed by atoms with Crippen LogP contribution in [0, 0.1) is 70.6 Å². The Morgan fingerprint density at radius 2 is 0.809 bits per heavy atom. The highest BCUT2D eigenvalue weighted by molar-refractivity contribution is 5.25. The van der Waals surface area contributed by atoms with Crippen molar-refractivity contribution >= 4 is 0 Å². The van der Waals surface area contributed by atoms with E-state index in [2.05, 4.69) is 13.8 Å². The summed E-state index contributed by atoms with van der Waals surface area (Å²) in [4.78, 5) is 0. The van der Waals surface area contributed by atoms with Gasteiger partial charge in [0, 0.05) is 11.1 Å². The van der Waals surface area contributed by atoms with E-state index in [1.54, 1.807) is 24.3 Å². The molecule has 0 aliphatic heterocycles. The average molecular weight is 655 g/mol. The predicted octanol–water partition coefficient (Wildman–Crippen LogP) is 13.1. The lowest BCUT2D eigenvalue weighted by molar-refractivity contribution is -0.0962. The summed E-state index contributed by atoms with van der Waals surface area (Å²) in [6.07, 6.45) is 19.4. The molecule has 0 amide bonds. The molecule has 1 nitrogen and oxygen atoms in total. The van der Waals surface area contributed by atoms with Gasteiger partial charge in [0.15, 0.2) is 23.3 Å². The fourth-order valence-electron chi connectivity index (χ4n) is 10.5. The maximum atomic E-state index is 15.6. The van der Waals surface area contributed by atoms with E-state index in [4.69, 9.17) is 4.74 Å². The third kappa shape index (κ3) is 8.13. The summed E-state index contributed by atoms with van der Waals surface area (Å²) in [7, 11) is 0. The van der Waals surface area contributed by atoms with Crippen molar-refractivity contribution in [2.24, 2.45) is 47.3 Å². The fourth-order valence-corrected chi connectivity index (χ4v) is 10.5. The molecular weight excluding hydrogens is 596 g/mol. The van der Waals surface area contributed by atoms with Gasteiger partial charge >= 0.3 is 0 Å². The largest absolute Gasteiger partial charge is 0.365 e. The zero-order valence-corrected chi connectivity index (χ0v) is 28.9. The van der Waals surface area contributed by atoms with Crippen molar-refractivity contribution < 1.29 is 22.3 Å². The molecule has 260 valence electrons. The molecule has 0 aromatic heterocycles. The van der Waals surface area contributed by atoms with Crippen LogP contribution < -0.4 is 0 Å². The van der Waals surface area contributed by atoms with E-state index in [1.165, 1.54) is 64.2 Å². The van der Waals surface area contributed by atoms with Crippen molar-refractivity contribution in [3.8, 4) is 0 Å². The summed E-state index contributed by atoms with van der Waals surface area (Å²) in [6.45, 7) is 4.60. The summed E-state index contributed by atoms with van der Waals surface area (Å²) in [5, 5.41) is 0. The van der Waals surface area contributed by atoms with Gasteiger partial charge in [0.25, 0.3) is 0 Å². The molecule has 6 rings (SSSR count). The SMILES string of the molecule is CCC1CCC(C2CCC(C(OC(c3cccc(F)c3F)C3CCC(C4CCC(CC)CC4)CC3)c3cccc(F)c3F)CC2)CC1. The average Bonchev–Trinajstić information content (AvgIpc) is 3.12. The third-order valence-electron chi connectivity index (χ3n) is 13.6. The van der Waals surface area contributed by atoms with Crippen molar-refractivity contribution in [3.05, 3.63) is 70.8 Å². The van der Waals surface area contributed by atoms with Gasteiger partial charge in [-0.1, -0.05) is 76.6 Å². The molecular formula is C42H58F4O. The maximum Gasteiger partial charge on any atom is 0.164 e. The zero-order chi connectivity index (χ0) is 32.9. The Bertz CT molecular complexity index is 1170. The van der Waals surface area contributed by atoms with Crippen LogP contribution in [0.15, 0.2) is 36.4 Å². The van der Waals surface area contributed by atoms with E-state index in [-0.39, 0.29) is 23.0 Å². The molecule has 4 saturated carbocycles. The van der Waals surface area contributed by atoms with Gasteiger partial charge in [-0.3, -0.25) is 0 Å². The van der Waals surface area contributed by atoms with Crippen LogP contribution >= 0.6 is 0 Å². The van der Waals surface area contributed by atoms with Crippen molar-refractivity contribution in [2.45, 2.75) is 142 Å². The lowest BCUT2D eigenvalue weighted by atomic mass is 9.67. The molecule has 0 radical (unpaired) electrons. The summed E-state index contributed by atoms with van der Waals surface area (Å²) in [5.74, 6) is 1.05. The first-order valence-electron chi connectivity index (χ1n) is 19.4. The van der Waals surface area contributed by atoms with Gasteiger partial charge in [-0.2, -0.15) is 0 Å². The maximum absolute atomic E-state index is 15.6. The Labute approximate surface area is 281 Å². The lowest BCUT2D eigenvalue weighted by Crippen LogP contribution is -2.32. The van der Waals surface area contributed by atoms with Gasteiger partial charge in [-0.15, -0.1) is 0 Å². The van der Waals surface area contributed by atoms with Gasteiger partial charge in [-0.05, 0) is 137 Å². The van der Waals surface area contributed by atoms with E-state index < -0.39 is 35.5 Å². The molecule has 0 spiro atoms. The number of rotatable bonds is 10. The molecule has 5 heteroatoms. The molecule has 2 atom stereocenters. The molecule has 0 heterocycles. The van der Waals surface area contributed by atoms with Crippen LogP contribution in [-0.2, 0) is 4.74 Å². The van der Waals surface area contributed by atoms with Gasteiger partial charge < -0.3 is 4.74 Å². The summed E-state index contributed by atoms with van der Waals surface area (Å²) < 4.78 is 67.6. The summed E-state index contributed by atoms with van der Waals surface area (Å²) in [6, 6.07) is 8.70. The minimum atomic E-state index is -0.885. The number of hydrogen-bond donors (Lipinski definition) is 0. The number of halogens is 4. The molecule has 2 unspecified atom stereocenters. The Hall–Kier alpha value is -1.88. The topological polar surface area (TPSA) is 9.23 Å². The lowest BCUT2D eigenvalue weighted by Gasteiger charge is -2.43. The molecule has 0 bridgehead atoms. The minimum Gasteiger partial charge on any atom is -0.365 e. The second kappa shape index (κ2) is 16.2.